The molecule has 0 radical (unpaired) electrons. The first-order valence-electron chi connectivity index (χ1n) is 6.44. The first-order valence-corrected chi connectivity index (χ1v) is 7.32. The summed E-state index contributed by atoms with van der Waals surface area (Å²) >= 11 is 1.84. The highest BCUT2D eigenvalue weighted by molar-refractivity contribution is 7.10. The van der Waals surface area contributed by atoms with Crippen LogP contribution in [0.1, 0.15) is 43.2 Å². The summed E-state index contributed by atoms with van der Waals surface area (Å²) in [6.45, 7) is 8.56. The standard InChI is InChI=1S/C14H25NOS/c1-5-6-15-14(7-11(2)9-16-4)13-8-12(3)17-10-13/h8,10-11,14-15H,5-7,9H2,1-4H3. The Morgan fingerprint density at radius 3 is 2.76 bits per heavy atom. The molecule has 0 fully saturated rings. The predicted octanol–water partition coefficient (Wildman–Crippen LogP) is 3.77. The second-order valence-electron chi connectivity index (χ2n) is 4.79. The fourth-order valence-corrected chi connectivity index (χ4v) is 2.82. The van der Waals surface area contributed by atoms with Gasteiger partial charge in [-0.2, -0.15) is 0 Å². The van der Waals surface area contributed by atoms with Gasteiger partial charge in [-0.25, -0.2) is 0 Å². The Morgan fingerprint density at radius 1 is 1.47 bits per heavy atom. The first kappa shape index (κ1) is 14.7. The largest absolute Gasteiger partial charge is 0.384 e. The fraction of sp³-hybridized carbons (Fsp3) is 0.714. The summed E-state index contributed by atoms with van der Waals surface area (Å²) in [6.07, 6.45) is 2.32. The minimum Gasteiger partial charge on any atom is -0.384 e. The molecule has 2 atom stereocenters. The lowest BCUT2D eigenvalue weighted by molar-refractivity contribution is 0.149. The predicted molar refractivity (Wildman–Crippen MR) is 75.7 cm³/mol. The van der Waals surface area contributed by atoms with Crippen molar-refractivity contribution in [1.82, 2.24) is 5.32 Å². The number of methoxy groups -OCH3 is 1. The minimum absolute atomic E-state index is 0.477. The van der Waals surface area contributed by atoms with E-state index in [1.54, 1.807) is 7.11 Å². The van der Waals surface area contributed by atoms with Gasteiger partial charge in [0.15, 0.2) is 0 Å². The summed E-state index contributed by atoms with van der Waals surface area (Å²) in [5.74, 6) is 0.592. The van der Waals surface area contributed by atoms with Crippen molar-refractivity contribution in [2.45, 2.75) is 39.7 Å². The summed E-state index contributed by atoms with van der Waals surface area (Å²) in [6, 6.07) is 2.78. The van der Waals surface area contributed by atoms with E-state index in [1.807, 2.05) is 11.3 Å². The number of nitrogens with one attached hydrogen (secondary N) is 1. The van der Waals surface area contributed by atoms with Crippen LogP contribution in [-0.4, -0.2) is 20.3 Å². The van der Waals surface area contributed by atoms with Gasteiger partial charge in [-0.05, 0) is 49.2 Å². The van der Waals surface area contributed by atoms with Crippen LogP contribution in [0.4, 0.5) is 0 Å². The molecule has 1 aromatic heterocycles. The third-order valence-electron chi connectivity index (χ3n) is 2.88. The lowest BCUT2D eigenvalue weighted by Crippen LogP contribution is -2.24. The van der Waals surface area contributed by atoms with Crippen molar-refractivity contribution in [3.05, 3.63) is 21.9 Å². The summed E-state index contributed by atoms with van der Waals surface area (Å²) in [4.78, 5) is 1.39. The maximum Gasteiger partial charge on any atom is 0.0488 e. The molecule has 0 spiro atoms. The quantitative estimate of drug-likeness (QED) is 0.763. The van der Waals surface area contributed by atoms with E-state index in [4.69, 9.17) is 4.74 Å². The number of hydrogen-bond donors (Lipinski definition) is 1. The zero-order valence-electron chi connectivity index (χ0n) is 11.5. The van der Waals surface area contributed by atoms with Crippen molar-refractivity contribution < 1.29 is 4.74 Å². The van der Waals surface area contributed by atoms with Crippen LogP contribution in [0, 0.1) is 12.8 Å². The van der Waals surface area contributed by atoms with Gasteiger partial charge in [-0.15, -0.1) is 11.3 Å². The molecule has 1 aromatic rings. The Balaban J connectivity index is 2.60. The first-order chi connectivity index (χ1) is 8.17. The minimum atomic E-state index is 0.477. The Kier molecular flexibility index (Phi) is 6.78. The van der Waals surface area contributed by atoms with Crippen LogP contribution < -0.4 is 5.32 Å². The summed E-state index contributed by atoms with van der Waals surface area (Å²) < 4.78 is 5.22. The molecule has 0 aliphatic rings. The van der Waals surface area contributed by atoms with Crippen molar-refractivity contribution in [2.24, 2.45) is 5.92 Å². The van der Waals surface area contributed by atoms with Crippen LogP contribution in [0.5, 0.6) is 0 Å². The van der Waals surface area contributed by atoms with Crippen molar-refractivity contribution in [3.63, 3.8) is 0 Å². The van der Waals surface area contributed by atoms with Crippen LogP contribution >= 0.6 is 11.3 Å². The molecule has 0 saturated heterocycles. The van der Waals surface area contributed by atoms with Crippen LogP contribution in [0.25, 0.3) is 0 Å². The van der Waals surface area contributed by atoms with E-state index in [1.165, 1.54) is 16.9 Å². The Labute approximate surface area is 109 Å². The molecular formula is C14H25NOS. The maximum atomic E-state index is 5.22. The second-order valence-corrected chi connectivity index (χ2v) is 5.91. The molecule has 1 N–H and O–H groups in total. The molecule has 0 amide bonds. The molecule has 98 valence electrons. The topological polar surface area (TPSA) is 21.3 Å². The van der Waals surface area contributed by atoms with E-state index in [9.17, 15) is 0 Å². The highest BCUT2D eigenvalue weighted by atomic mass is 32.1. The van der Waals surface area contributed by atoms with Crippen molar-refractivity contribution in [3.8, 4) is 0 Å². The molecule has 1 heterocycles. The SMILES string of the molecule is CCCNC(CC(C)COC)c1csc(C)c1. The van der Waals surface area contributed by atoms with Gasteiger partial charge in [-0.3, -0.25) is 0 Å². The molecule has 0 aliphatic carbocycles. The van der Waals surface area contributed by atoms with Gasteiger partial charge in [0.1, 0.15) is 0 Å². The van der Waals surface area contributed by atoms with Crippen molar-refractivity contribution in [2.75, 3.05) is 20.3 Å². The Bertz CT molecular complexity index is 311. The van der Waals surface area contributed by atoms with Gasteiger partial charge in [-0.1, -0.05) is 13.8 Å². The molecule has 2 nitrogen and oxygen atoms in total. The van der Waals surface area contributed by atoms with E-state index < -0.39 is 0 Å². The van der Waals surface area contributed by atoms with Crippen LogP contribution in [0.3, 0.4) is 0 Å². The zero-order valence-corrected chi connectivity index (χ0v) is 12.3. The number of hydrogen-bond acceptors (Lipinski definition) is 3. The van der Waals surface area contributed by atoms with Gasteiger partial charge >= 0.3 is 0 Å². The van der Waals surface area contributed by atoms with Gasteiger partial charge in [0, 0.05) is 24.6 Å². The number of thiophene rings is 1. The zero-order chi connectivity index (χ0) is 12.7. The van der Waals surface area contributed by atoms with Crippen LogP contribution in [0.2, 0.25) is 0 Å². The normalized spacial score (nSPS) is 14.8. The van der Waals surface area contributed by atoms with E-state index in [-0.39, 0.29) is 0 Å². The highest BCUT2D eigenvalue weighted by Crippen LogP contribution is 2.25. The van der Waals surface area contributed by atoms with Crippen molar-refractivity contribution in [1.29, 1.82) is 0 Å². The molecule has 2 unspecified atom stereocenters. The third-order valence-corrected chi connectivity index (χ3v) is 3.76. The van der Waals surface area contributed by atoms with Crippen LogP contribution in [0.15, 0.2) is 11.4 Å². The third kappa shape index (κ3) is 5.19. The van der Waals surface area contributed by atoms with E-state index >= 15 is 0 Å². The summed E-state index contributed by atoms with van der Waals surface area (Å²) in [5.41, 5.74) is 1.43. The molecule has 0 bridgehead atoms. The second kappa shape index (κ2) is 7.85. The van der Waals surface area contributed by atoms with Crippen molar-refractivity contribution >= 4 is 11.3 Å². The molecule has 3 heteroatoms. The highest BCUT2D eigenvalue weighted by Gasteiger charge is 2.15. The smallest absolute Gasteiger partial charge is 0.0488 e. The summed E-state index contributed by atoms with van der Waals surface area (Å²) in [5, 5.41) is 5.92. The van der Waals surface area contributed by atoms with E-state index in [0.717, 1.165) is 19.6 Å². The van der Waals surface area contributed by atoms with E-state index in [0.29, 0.717) is 12.0 Å². The fourth-order valence-electron chi connectivity index (χ4n) is 2.06. The molecule has 0 aliphatic heterocycles. The average Bonchev–Trinajstić information content (AvgIpc) is 2.71. The number of ether oxygens (including phenoxy) is 1. The number of rotatable bonds is 8. The molecule has 1 rings (SSSR count). The average molecular weight is 255 g/mol. The monoisotopic (exact) mass is 255 g/mol. The van der Waals surface area contributed by atoms with Gasteiger partial charge in [0.05, 0.1) is 0 Å². The van der Waals surface area contributed by atoms with Gasteiger partial charge in [0.25, 0.3) is 0 Å². The number of aryl methyl sites for hydroxylation is 1. The maximum absolute atomic E-state index is 5.22. The molecule has 17 heavy (non-hydrogen) atoms. The van der Waals surface area contributed by atoms with Gasteiger partial charge in [0.2, 0.25) is 0 Å². The Morgan fingerprint density at radius 2 is 2.24 bits per heavy atom. The molecular weight excluding hydrogens is 230 g/mol. The lowest BCUT2D eigenvalue weighted by atomic mass is 9.98. The summed E-state index contributed by atoms with van der Waals surface area (Å²) in [7, 11) is 1.78. The van der Waals surface area contributed by atoms with Crippen LogP contribution in [-0.2, 0) is 4.74 Å². The van der Waals surface area contributed by atoms with Gasteiger partial charge < -0.3 is 10.1 Å². The Hall–Kier alpha value is -0.380. The molecule has 0 aromatic carbocycles. The van der Waals surface area contributed by atoms with E-state index in [2.05, 4.69) is 37.5 Å². The lowest BCUT2D eigenvalue weighted by Gasteiger charge is -2.21. The molecule has 0 saturated carbocycles.